The first-order valence-corrected chi connectivity index (χ1v) is 7.87. The molecule has 0 saturated heterocycles. The molecule has 2 aromatic rings. The summed E-state index contributed by atoms with van der Waals surface area (Å²) in [7, 11) is -3.73. The van der Waals surface area contributed by atoms with Crippen LogP contribution in [0.2, 0.25) is 0 Å². The highest BCUT2D eigenvalue weighted by Crippen LogP contribution is 2.18. The minimum Gasteiger partial charge on any atom is -0.336 e. The van der Waals surface area contributed by atoms with Gasteiger partial charge in [-0.1, -0.05) is 24.0 Å². The van der Waals surface area contributed by atoms with E-state index in [-0.39, 0.29) is 11.6 Å². The van der Waals surface area contributed by atoms with Gasteiger partial charge in [-0.2, -0.15) is 8.42 Å². The minimum absolute atomic E-state index is 0.0223. The zero-order valence-corrected chi connectivity index (χ0v) is 12.4. The Morgan fingerprint density at radius 1 is 1.38 bits per heavy atom. The van der Waals surface area contributed by atoms with Gasteiger partial charge in [0.1, 0.15) is 0 Å². The molecule has 0 amide bonds. The topological polar surface area (TPSA) is 90.0 Å². The molecular weight excluding hydrogens is 288 g/mol. The van der Waals surface area contributed by atoms with Gasteiger partial charge in [-0.15, -0.1) is 0 Å². The largest absolute Gasteiger partial charge is 0.336 e. The number of hydrogen-bond acceptors (Lipinski definition) is 4. The number of rotatable bonds is 4. The number of nitrogens with two attached hydrogens (primary N) is 1. The van der Waals surface area contributed by atoms with E-state index in [9.17, 15) is 8.42 Å². The van der Waals surface area contributed by atoms with E-state index >= 15 is 0 Å². The van der Waals surface area contributed by atoms with Crippen LogP contribution >= 0.6 is 0 Å². The maximum Gasteiger partial charge on any atom is 0.280 e. The molecule has 0 radical (unpaired) electrons. The molecule has 7 heteroatoms. The Hall–Kier alpha value is -2.30. The lowest BCUT2D eigenvalue weighted by Gasteiger charge is -2.07. The average Bonchev–Trinajstić information content (AvgIpc) is 2.96. The molecule has 0 bridgehead atoms. The van der Waals surface area contributed by atoms with E-state index in [4.69, 9.17) is 5.73 Å². The minimum atomic E-state index is -3.73. The van der Waals surface area contributed by atoms with E-state index in [0.717, 1.165) is 0 Å². The monoisotopic (exact) mass is 304 g/mol. The van der Waals surface area contributed by atoms with Gasteiger partial charge < -0.3 is 10.3 Å². The van der Waals surface area contributed by atoms with Crippen molar-refractivity contribution >= 4 is 15.7 Å². The van der Waals surface area contributed by atoms with Crippen LogP contribution in [0.3, 0.4) is 0 Å². The molecule has 1 heterocycles. The highest BCUT2D eigenvalue weighted by molar-refractivity contribution is 7.92. The van der Waals surface area contributed by atoms with Crippen molar-refractivity contribution in [3.63, 3.8) is 0 Å². The molecule has 21 heavy (non-hydrogen) atoms. The SMILES string of the molecule is CCn1cnc(S(=O)(=O)Nc2ccccc2C#CCN)c1. The van der Waals surface area contributed by atoms with Crippen LogP contribution in [0.1, 0.15) is 12.5 Å². The lowest BCUT2D eigenvalue weighted by molar-refractivity contribution is 0.598. The molecule has 3 N–H and O–H groups in total. The molecule has 110 valence electrons. The summed E-state index contributed by atoms with van der Waals surface area (Å²) < 4.78 is 28.8. The lowest BCUT2D eigenvalue weighted by Crippen LogP contribution is -2.14. The molecule has 0 aliphatic rings. The van der Waals surface area contributed by atoms with Crippen LogP contribution in [0.5, 0.6) is 0 Å². The van der Waals surface area contributed by atoms with Crippen molar-refractivity contribution in [1.82, 2.24) is 9.55 Å². The normalized spacial score (nSPS) is 10.8. The zero-order valence-electron chi connectivity index (χ0n) is 11.6. The summed E-state index contributed by atoms with van der Waals surface area (Å²) in [5.74, 6) is 5.54. The number of aryl methyl sites for hydroxylation is 1. The van der Waals surface area contributed by atoms with Crippen LogP contribution in [-0.4, -0.2) is 24.5 Å². The Kier molecular flexibility index (Phi) is 4.62. The summed E-state index contributed by atoms with van der Waals surface area (Å²) in [6.45, 7) is 2.77. The predicted octanol–water partition coefficient (Wildman–Crippen LogP) is 1.01. The van der Waals surface area contributed by atoms with Crippen molar-refractivity contribution in [2.45, 2.75) is 18.5 Å². The first-order chi connectivity index (χ1) is 10.1. The number of anilines is 1. The molecule has 0 atom stereocenters. The van der Waals surface area contributed by atoms with Crippen molar-refractivity contribution in [3.8, 4) is 11.8 Å². The maximum absolute atomic E-state index is 12.3. The Balaban J connectivity index is 2.32. The summed E-state index contributed by atoms with van der Waals surface area (Å²) in [5, 5.41) is -0.0223. The van der Waals surface area contributed by atoms with Gasteiger partial charge >= 0.3 is 0 Å². The van der Waals surface area contributed by atoms with E-state index in [1.807, 2.05) is 6.92 Å². The maximum atomic E-state index is 12.3. The molecule has 0 unspecified atom stereocenters. The molecule has 0 saturated carbocycles. The first-order valence-electron chi connectivity index (χ1n) is 6.39. The second kappa shape index (κ2) is 6.43. The molecule has 0 aliphatic heterocycles. The second-order valence-electron chi connectivity index (χ2n) is 4.20. The van der Waals surface area contributed by atoms with Gasteiger partial charge in [0, 0.05) is 18.3 Å². The number of nitrogens with zero attached hydrogens (tertiary/aromatic N) is 2. The smallest absolute Gasteiger partial charge is 0.280 e. The van der Waals surface area contributed by atoms with Gasteiger partial charge in [0.05, 0.1) is 18.6 Å². The number of para-hydroxylation sites is 1. The Bertz CT molecular complexity index is 785. The van der Waals surface area contributed by atoms with Crippen molar-refractivity contribution in [2.75, 3.05) is 11.3 Å². The summed E-state index contributed by atoms with van der Waals surface area (Å²) in [5.41, 5.74) is 6.32. The number of sulfonamides is 1. The van der Waals surface area contributed by atoms with E-state index in [2.05, 4.69) is 21.5 Å². The summed E-state index contributed by atoms with van der Waals surface area (Å²) in [6, 6.07) is 6.89. The highest BCUT2D eigenvalue weighted by Gasteiger charge is 2.18. The molecule has 2 rings (SSSR count). The average molecular weight is 304 g/mol. The van der Waals surface area contributed by atoms with Crippen LogP contribution in [0.4, 0.5) is 5.69 Å². The van der Waals surface area contributed by atoms with Gasteiger partial charge in [0.2, 0.25) is 0 Å². The van der Waals surface area contributed by atoms with Gasteiger partial charge in [-0.3, -0.25) is 4.72 Å². The Labute approximate surface area is 124 Å². The molecule has 0 spiro atoms. The fourth-order valence-corrected chi connectivity index (χ4v) is 2.71. The van der Waals surface area contributed by atoms with E-state index in [0.29, 0.717) is 17.8 Å². The van der Waals surface area contributed by atoms with Crippen LogP contribution in [0.15, 0.2) is 41.8 Å². The van der Waals surface area contributed by atoms with Crippen molar-refractivity contribution in [2.24, 2.45) is 5.73 Å². The van der Waals surface area contributed by atoms with Crippen LogP contribution in [0, 0.1) is 11.8 Å². The Morgan fingerprint density at radius 2 is 2.14 bits per heavy atom. The second-order valence-corrected chi connectivity index (χ2v) is 5.83. The third-order valence-corrected chi connectivity index (χ3v) is 4.00. The molecular formula is C14H16N4O2S. The lowest BCUT2D eigenvalue weighted by atomic mass is 10.2. The first kappa shape index (κ1) is 15.1. The number of benzene rings is 1. The molecule has 6 nitrogen and oxygen atoms in total. The highest BCUT2D eigenvalue weighted by atomic mass is 32.2. The molecule has 1 aromatic heterocycles. The van der Waals surface area contributed by atoms with E-state index in [1.165, 1.54) is 12.5 Å². The third-order valence-electron chi connectivity index (χ3n) is 2.75. The summed E-state index contributed by atoms with van der Waals surface area (Å²) in [6.07, 6.45) is 2.96. The van der Waals surface area contributed by atoms with Gasteiger partial charge in [-0.05, 0) is 19.1 Å². The molecule has 0 aliphatic carbocycles. The summed E-state index contributed by atoms with van der Waals surface area (Å²) >= 11 is 0. The van der Waals surface area contributed by atoms with Crippen LogP contribution in [0.25, 0.3) is 0 Å². The van der Waals surface area contributed by atoms with Crippen LogP contribution < -0.4 is 10.5 Å². The third kappa shape index (κ3) is 3.62. The van der Waals surface area contributed by atoms with Gasteiger partial charge in [-0.25, -0.2) is 4.98 Å². The summed E-state index contributed by atoms with van der Waals surface area (Å²) in [4.78, 5) is 3.90. The van der Waals surface area contributed by atoms with E-state index in [1.54, 1.807) is 28.8 Å². The van der Waals surface area contributed by atoms with Crippen molar-refractivity contribution in [1.29, 1.82) is 0 Å². The quantitative estimate of drug-likeness (QED) is 0.825. The van der Waals surface area contributed by atoms with Gasteiger partial charge in [0.15, 0.2) is 5.03 Å². The van der Waals surface area contributed by atoms with Crippen LogP contribution in [-0.2, 0) is 16.6 Å². The van der Waals surface area contributed by atoms with Crippen molar-refractivity contribution < 1.29 is 8.42 Å². The molecule has 1 aromatic carbocycles. The number of nitrogens with one attached hydrogen (secondary N) is 1. The van der Waals surface area contributed by atoms with Crippen molar-refractivity contribution in [3.05, 3.63) is 42.4 Å². The fraction of sp³-hybridized carbons (Fsp3) is 0.214. The van der Waals surface area contributed by atoms with E-state index < -0.39 is 10.0 Å². The zero-order chi connectivity index (χ0) is 15.3. The van der Waals surface area contributed by atoms with Gasteiger partial charge in [0.25, 0.3) is 10.0 Å². The predicted molar refractivity (Wildman–Crippen MR) is 81.1 cm³/mol. The standard InChI is InChI=1S/C14H16N4O2S/c1-2-18-10-14(16-11-18)21(19,20)17-13-8-4-3-6-12(13)7-5-9-15/h3-4,6,8,10-11,17H,2,9,15H2,1H3. The number of aromatic nitrogens is 2. The number of hydrogen-bond donors (Lipinski definition) is 2. The number of imidazole rings is 1. The fourth-order valence-electron chi connectivity index (χ4n) is 1.68. The molecule has 0 fully saturated rings. The Morgan fingerprint density at radius 3 is 2.81 bits per heavy atom.